The van der Waals surface area contributed by atoms with Crippen molar-refractivity contribution in [2.24, 2.45) is 0 Å². The SMILES string of the molecule is O=C(CCN1C(=O)/C(=C/c2ccc(O)cc2)SC1=S)NCc1ccccc1. The predicted octanol–water partition coefficient (Wildman–Crippen LogP) is 3.30. The summed E-state index contributed by atoms with van der Waals surface area (Å²) in [5.41, 5.74) is 1.82. The molecule has 0 radical (unpaired) electrons. The molecule has 2 aromatic rings. The third-order valence-corrected chi connectivity index (χ3v) is 5.34. The lowest BCUT2D eigenvalue weighted by molar-refractivity contribution is -0.123. The molecule has 1 heterocycles. The number of amides is 2. The van der Waals surface area contributed by atoms with Crippen LogP contribution in [-0.2, 0) is 16.1 Å². The van der Waals surface area contributed by atoms with Crippen molar-refractivity contribution in [2.45, 2.75) is 13.0 Å². The van der Waals surface area contributed by atoms with E-state index in [0.717, 1.165) is 11.1 Å². The number of thioether (sulfide) groups is 1. The topological polar surface area (TPSA) is 69.6 Å². The van der Waals surface area contributed by atoms with Gasteiger partial charge in [0.2, 0.25) is 5.91 Å². The fraction of sp³-hybridized carbons (Fsp3) is 0.150. The minimum atomic E-state index is -0.200. The lowest BCUT2D eigenvalue weighted by atomic mass is 10.2. The first-order valence-electron chi connectivity index (χ1n) is 8.38. The minimum Gasteiger partial charge on any atom is -0.508 e. The summed E-state index contributed by atoms with van der Waals surface area (Å²) in [6.45, 7) is 0.705. The third-order valence-electron chi connectivity index (χ3n) is 3.96. The quantitative estimate of drug-likeness (QED) is 0.577. The van der Waals surface area contributed by atoms with Crippen LogP contribution in [-0.4, -0.2) is 32.7 Å². The van der Waals surface area contributed by atoms with Crippen LogP contribution in [0.15, 0.2) is 59.5 Å². The number of nitrogens with one attached hydrogen (secondary N) is 1. The Hall–Kier alpha value is -2.64. The molecule has 2 amide bonds. The molecule has 138 valence electrons. The van der Waals surface area contributed by atoms with Crippen LogP contribution in [0.2, 0.25) is 0 Å². The van der Waals surface area contributed by atoms with Gasteiger partial charge in [0.1, 0.15) is 10.1 Å². The second kappa shape index (κ2) is 8.83. The van der Waals surface area contributed by atoms with E-state index in [4.69, 9.17) is 12.2 Å². The molecule has 0 aliphatic carbocycles. The molecule has 27 heavy (non-hydrogen) atoms. The fourth-order valence-corrected chi connectivity index (χ4v) is 3.82. The van der Waals surface area contributed by atoms with Gasteiger partial charge in [0.05, 0.1) is 4.91 Å². The fourth-order valence-electron chi connectivity index (χ4n) is 2.51. The van der Waals surface area contributed by atoms with Gasteiger partial charge in [-0.2, -0.15) is 0 Å². The van der Waals surface area contributed by atoms with Crippen LogP contribution in [0.1, 0.15) is 17.5 Å². The average Bonchev–Trinajstić information content (AvgIpc) is 2.94. The van der Waals surface area contributed by atoms with Crippen LogP contribution in [0, 0.1) is 0 Å². The number of rotatable bonds is 6. The van der Waals surface area contributed by atoms with Crippen molar-refractivity contribution in [1.82, 2.24) is 10.2 Å². The molecule has 5 nitrogen and oxygen atoms in total. The molecule has 3 rings (SSSR count). The molecule has 7 heteroatoms. The second-order valence-electron chi connectivity index (χ2n) is 5.94. The molecule has 2 aromatic carbocycles. The average molecular weight is 399 g/mol. The van der Waals surface area contributed by atoms with Gasteiger partial charge in [0, 0.05) is 19.5 Å². The Kier molecular flexibility index (Phi) is 6.26. The molecule has 0 atom stereocenters. The molecule has 1 aliphatic rings. The van der Waals surface area contributed by atoms with E-state index < -0.39 is 0 Å². The first kappa shape index (κ1) is 19.1. The van der Waals surface area contributed by atoms with Crippen molar-refractivity contribution in [3.05, 3.63) is 70.6 Å². The van der Waals surface area contributed by atoms with Gasteiger partial charge in [-0.1, -0.05) is 66.4 Å². The number of carbonyl (C=O) groups is 2. The Morgan fingerprint density at radius 2 is 1.85 bits per heavy atom. The highest BCUT2D eigenvalue weighted by Gasteiger charge is 2.32. The van der Waals surface area contributed by atoms with Crippen LogP contribution in [0.5, 0.6) is 5.75 Å². The number of hydrogen-bond donors (Lipinski definition) is 2. The number of phenolic OH excluding ortho intramolecular Hbond substituents is 1. The van der Waals surface area contributed by atoms with Gasteiger partial charge < -0.3 is 10.4 Å². The summed E-state index contributed by atoms with van der Waals surface area (Å²) in [6.07, 6.45) is 1.92. The Bertz CT molecular complexity index is 880. The smallest absolute Gasteiger partial charge is 0.266 e. The van der Waals surface area contributed by atoms with Gasteiger partial charge in [-0.05, 0) is 29.3 Å². The van der Waals surface area contributed by atoms with Crippen LogP contribution in [0.4, 0.5) is 0 Å². The van der Waals surface area contributed by atoms with Gasteiger partial charge in [-0.25, -0.2) is 0 Å². The number of thiocarbonyl (C=S) groups is 1. The molecule has 0 saturated carbocycles. The number of phenols is 1. The lowest BCUT2D eigenvalue weighted by Gasteiger charge is -2.14. The first-order valence-corrected chi connectivity index (χ1v) is 9.60. The molecule has 1 fully saturated rings. The highest BCUT2D eigenvalue weighted by Crippen LogP contribution is 2.32. The van der Waals surface area contributed by atoms with Crippen molar-refractivity contribution < 1.29 is 14.7 Å². The molecule has 0 unspecified atom stereocenters. The Morgan fingerprint density at radius 3 is 2.56 bits per heavy atom. The molecular weight excluding hydrogens is 380 g/mol. The molecule has 1 aliphatic heterocycles. The largest absolute Gasteiger partial charge is 0.508 e. The highest BCUT2D eigenvalue weighted by atomic mass is 32.2. The van der Waals surface area contributed by atoms with E-state index in [1.54, 1.807) is 30.3 Å². The summed E-state index contributed by atoms with van der Waals surface area (Å²) in [5, 5.41) is 12.2. The van der Waals surface area contributed by atoms with Crippen molar-refractivity contribution in [1.29, 1.82) is 0 Å². The van der Waals surface area contributed by atoms with Crippen LogP contribution >= 0.6 is 24.0 Å². The zero-order valence-electron chi connectivity index (χ0n) is 14.4. The molecular formula is C20H18N2O3S2. The summed E-state index contributed by atoms with van der Waals surface area (Å²) in [6, 6.07) is 16.2. The van der Waals surface area contributed by atoms with Crippen LogP contribution < -0.4 is 5.32 Å². The third kappa shape index (κ3) is 5.18. The molecule has 1 saturated heterocycles. The number of carbonyl (C=O) groups excluding carboxylic acids is 2. The van der Waals surface area contributed by atoms with Gasteiger partial charge in [-0.15, -0.1) is 0 Å². The van der Waals surface area contributed by atoms with E-state index in [2.05, 4.69) is 5.32 Å². The summed E-state index contributed by atoms with van der Waals surface area (Å²) in [7, 11) is 0. The van der Waals surface area contributed by atoms with E-state index in [1.165, 1.54) is 16.7 Å². The van der Waals surface area contributed by atoms with Crippen molar-refractivity contribution in [3.8, 4) is 5.75 Å². The van der Waals surface area contributed by atoms with Gasteiger partial charge >= 0.3 is 0 Å². The molecule has 2 N–H and O–H groups in total. The van der Waals surface area contributed by atoms with Gasteiger partial charge in [-0.3, -0.25) is 14.5 Å². The Balaban J connectivity index is 1.54. The van der Waals surface area contributed by atoms with E-state index in [-0.39, 0.29) is 30.5 Å². The second-order valence-corrected chi connectivity index (χ2v) is 7.61. The Morgan fingerprint density at radius 1 is 1.15 bits per heavy atom. The maximum Gasteiger partial charge on any atom is 0.266 e. The normalized spacial score (nSPS) is 15.4. The van der Waals surface area contributed by atoms with Crippen molar-refractivity contribution >= 4 is 46.2 Å². The zero-order valence-corrected chi connectivity index (χ0v) is 16.1. The monoisotopic (exact) mass is 398 g/mol. The number of hydrogen-bond acceptors (Lipinski definition) is 5. The number of nitrogens with zero attached hydrogens (tertiary/aromatic N) is 1. The summed E-state index contributed by atoms with van der Waals surface area (Å²) in [5.74, 6) is -0.162. The van der Waals surface area contributed by atoms with E-state index >= 15 is 0 Å². The summed E-state index contributed by atoms with van der Waals surface area (Å²) in [4.78, 5) is 26.6. The Labute approximate surface area is 167 Å². The zero-order chi connectivity index (χ0) is 19.2. The summed E-state index contributed by atoms with van der Waals surface area (Å²) >= 11 is 6.50. The van der Waals surface area contributed by atoms with E-state index in [9.17, 15) is 14.7 Å². The first-order chi connectivity index (χ1) is 13.0. The van der Waals surface area contributed by atoms with E-state index in [1.807, 2.05) is 30.3 Å². The molecule has 0 spiro atoms. The highest BCUT2D eigenvalue weighted by molar-refractivity contribution is 8.26. The maximum absolute atomic E-state index is 12.5. The van der Waals surface area contributed by atoms with Gasteiger partial charge in [0.25, 0.3) is 5.91 Å². The lowest BCUT2D eigenvalue weighted by Crippen LogP contribution is -2.33. The standard InChI is InChI=1S/C20H18N2O3S2/c23-16-8-6-14(7-9-16)12-17-19(25)22(20(26)27-17)11-10-18(24)21-13-15-4-2-1-3-5-15/h1-9,12,23H,10-11,13H2,(H,21,24)/b17-12-. The van der Waals surface area contributed by atoms with Crippen molar-refractivity contribution in [2.75, 3.05) is 6.54 Å². The van der Waals surface area contributed by atoms with Crippen LogP contribution in [0.3, 0.4) is 0 Å². The summed E-state index contributed by atoms with van der Waals surface area (Å²) < 4.78 is 0.445. The van der Waals surface area contributed by atoms with Gasteiger partial charge in [0.15, 0.2) is 0 Å². The number of aromatic hydroxyl groups is 1. The number of benzene rings is 2. The molecule has 0 bridgehead atoms. The van der Waals surface area contributed by atoms with Crippen molar-refractivity contribution in [3.63, 3.8) is 0 Å². The van der Waals surface area contributed by atoms with E-state index in [0.29, 0.717) is 15.8 Å². The minimum absolute atomic E-state index is 0.129. The molecule has 0 aromatic heterocycles. The predicted molar refractivity (Wildman–Crippen MR) is 111 cm³/mol. The maximum atomic E-state index is 12.5. The van der Waals surface area contributed by atoms with Crippen LogP contribution in [0.25, 0.3) is 6.08 Å².